The Labute approximate surface area is 173 Å². The molecule has 1 fully saturated rings. The summed E-state index contributed by atoms with van der Waals surface area (Å²) < 4.78 is 13.8. The molecule has 0 aliphatic carbocycles. The maximum absolute atomic E-state index is 13.8. The normalized spacial score (nSPS) is 15.8. The van der Waals surface area contributed by atoms with Crippen molar-refractivity contribution in [2.45, 2.75) is 19.3 Å². The van der Waals surface area contributed by atoms with Crippen molar-refractivity contribution in [3.8, 4) is 0 Å². The van der Waals surface area contributed by atoms with Gasteiger partial charge in [0.25, 0.3) is 11.1 Å². The minimum atomic E-state index is -0.745. The third-order valence-corrected chi connectivity index (χ3v) is 5.66. The van der Waals surface area contributed by atoms with Crippen molar-refractivity contribution in [3.63, 3.8) is 0 Å². The third kappa shape index (κ3) is 4.56. The zero-order valence-electron chi connectivity index (χ0n) is 16.1. The largest absolute Gasteiger partial charge is 0.354 e. The van der Waals surface area contributed by atoms with Crippen molar-refractivity contribution < 1.29 is 18.8 Å². The van der Waals surface area contributed by atoms with Gasteiger partial charge in [0.1, 0.15) is 5.82 Å². The molecule has 5 nitrogen and oxygen atoms in total. The Morgan fingerprint density at radius 2 is 1.76 bits per heavy atom. The van der Waals surface area contributed by atoms with E-state index in [0.29, 0.717) is 0 Å². The second kappa shape index (κ2) is 8.61. The first-order valence-electron chi connectivity index (χ1n) is 9.14. The number of rotatable bonds is 6. The van der Waals surface area contributed by atoms with E-state index in [-0.39, 0.29) is 29.5 Å². The van der Waals surface area contributed by atoms with Crippen LogP contribution in [0.1, 0.15) is 25.0 Å². The van der Waals surface area contributed by atoms with Crippen molar-refractivity contribution in [2.24, 2.45) is 0 Å². The smallest absolute Gasteiger partial charge is 0.293 e. The summed E-state index contributed by atoms with van der Waals surface area (Å²) in [4.78, 5) is 38.5. The van der Waals surface area contributed by atoms with Crippen molar-refractivity contribution in [1.82, 2.24) is 10.2 Å². The Kier molecular flexibility index (Phi) is 6.17. The lowest BCUT2D eigenvalue weighted by molar-refractivity contribution is -0.126. The third-order valence-electron chi connectivity index (χ3n) is 4.75. The van der Waals surface area contributed by atoms with Gasteiger partial charge < -0.3 is 5.32 Å². The van der Waals surface area contributed by atoms with Gasteiger partial charge in [-0.25, -0.2) is 4.39 Å². The molecule has 0 aromatic heterocycles. The van der Waals surface area contributed by atoms with Crippen molar-refractivity contribution in [1.29, 1.82) is 0 Å². The van der Waals surface area contributed by atoms with Gasteiger partial charge in [0.05, 0.1) is 10.3 Å². The van der Waals surface area contributed by atoms with Crippen molar-refractivity contribution >= 4 is 34.9 Å². The van der Waals surface area contributed by atoms with E-state index < -0.39 is 22.4 Å². The van der Waals surface area contributed by atoms with Crippen LogP contribution < -0.4 is 5.32 Å². The molecule has 7 heteroatoms. The number of carbonyl (C=O) groups excluding carboxylic acids is 3. The monoisotopic (exact) mass is 412 g/mol. The molecule has 3 amide bonds. The van der Waals surface area contributed by atoms with Gasteiger partial charge in [-0.15, -0.1) is 0 Å². The highest BCUT2D eigenvalue weighted by Gasteiger charge is 2.35. The number of nitrogens with zero attached hydrogens (tertiary/aromatic N) is 1. The van der Waals surface area contributed by atoms with Crippen molar-refractivity contribution in [2.75, 3.05) is 13.1 Å². The maximum atomic E-state index is 13.8. The first-order chi connectivity index (χ1) is 13.8. The van der Waals surface area contributed by atoms with Crippen LogP contribution >= 0.6 is 11.8 Å². The number of hydrogen-bond acceptors (Lipinski definition) is 4. The van der Waals surface area contributed by atoms with E-state index in [9.17, 15) is 18.8 Å². The molecule has 0 atom stereocenters. The number of thioether (sulfide) groups is 1. The highest BCUT2D eigenvalue weighted by atomic mass is 32.2. The molecule has 0 radical (unpaired) electrons. The lowest BCUT2D eigenvalue weighted by Gasteiger charge is -2.24. The summed E-state index contributed by atoms with van der Waals surface area (Å²) in [6.45, 7) is 3.82. The maximum Gasteiger partial charge on any atom is 0.293 e. The molecule has 150 valence electrons. The average Bonchev–Trinajstić information content (AvgIpc) is 2.97. The van der Waals surface area contributed by atoms with Gasteiger partial charge in [-0.05, 0) is 43.3 Å². The number of imide groups is 1. The fourth-order valence-electron chi connectivity index (χ4n) is 2.91. The molecule has 1 N–H and O–H groups in total. The average molecular weight is 412 g/mol. The Hall–Kier alpha value is -2.93. The molecule has 2 aromatic carbocycles. The summed E-state index contributed by atoms with van der Waals surface area (Å²) in [7, 11) is 0. The molecule has 1 saturated heterocycles. The summed E-state index contributed by atoms with van der Waals surface area (Å²) in [5, 5.41) is 2.35. The van der Waals surface area contributed by atoms with Crippen LogP contribution in [0.15, 0.2) is 59.5 Å². The highest BCUT2D eigenvalue weighted by molar-refractivity contribution is 8.18. The van der Waals surface area contributed by atoms with E-state index in [1.165, 1.54) is 18.2 Å². The lowest BCUT2D eigenvalue weighted by atomic mass is 9.84. The molecule has 0 saturated carbocycles. The Morgan fingerprint density at radius 3 is 2.45 bits per heavy atom. The topological polar surface area (TPSA) is 66.5 Å². The second-order valence-electron chi connectivity index (χ2n) is 7.10. The van der Waals surface area contributed by atoms with Gasteiger partial charge in [0, 0.05) is 18.7 Å². The summed E-state index contributed by atoms with van der Waals surface area (Å²) in [5.41, 5.74) is 0.373. The van der Waals surface area contributed by atoms with E-state index >= 15 is 0 Å². The van der Waals surface area contributed by atoms with E-state index in [1.807, 2.05) is 44.2 Å². The van der Waals surface area contributed by atoms with Crippen LogP contribution in [0.5, 0.6) is 0 Å². The van der Waals surface area contributed by atoms with Crippen LogP contribution in [0, 0.1) is 5.82 Å². The van der Waals surface area contributed by atoms with Gasteiger partial charge in [0.15, 0.2) is 0 Å². The molecule has 1 heterocycles. The first kappa shape index (κ1) is 20.8. The van der Waals surface area contributed by atoms with E-state index in [0.717, 1.165) is 22.2 Å². The van der Waals surface area contributed by atoms with Crippen LogP contribution in [0.2, 0.25) is 0 Å². The first-order valence-corrected chi connectivity index (χ1v) is 9.96. The van der Waals surface area contributed by atoms with Crippen LogP contribution in [-0.4, -0.2) is 35.0 Å². The van der Waals surface area contributed by atoms with Gasteiger partial charge in [-0.2, -0.15) is 0 Å². The fraction of sp³-hybridized carbons (Fsp3) is 0.227. The van der Waals surface area contributed by atoms with Crippen LogP contribution in [0.3, 0.4) is 0 Å². The molecule has 0 spiro atoms. The zero-order chi connectivity index (χ0) is 21.0. The van der Waals surface area contributed by atoms with E-state index in [4.69, 9.17) is 0 Å². The molecule has 2 aromatic rings. The molecule has 1 aliphatic heterocycles. The number of nitrogens with one attached hydrogen (secondary N) is 1. The second-order valence-corrected chi connectivity index (χ2v) is 8.09. The zero-order valence-corrected chi connectivity index (χ0v) is 17.0. The summed E-state index contributed by atoms with van der Waals surface area (Å²) in [6, 6.07) is 15.4. The molecular weight excluding hydrogens is 391 g/mol. The minimum Gasteiger partial charge on any atom is -0.354 e. The molecule has 0 unspecified atom stereocenters. The quantitative estimate of drug-likeness (QED) is 0.730. The standard InChI is InChI=1S/C22H21FN2O3S/c1-22(2,16-9-4-3-5-10-16)20(27)24-12-13-25-19(26)18(29-21(25)28)14-15-8-6-7-11-17(15)23/h3-11,14H,12-13H2,1-2H3,(H,24,27)/b18-14+. The molecule has 1 aliphatic rings. The molecule has 0 bridgehead atoms. The molecule has 29 heavy (non-hydrogen) atoms. The summed E-state index contributed by atoms with van der Waals surface area (Å²) in [5.74, 6) is -1.15. The van der Waals surface area contributed by atoms with Crippen LogP contribution in [0.25, 0.3) is 6.08 Å². The van der Waals surface area contributed by atoms with Crippen LogP contribution in [0.4, 0.5) is 9.18 Å². The Morgan fingerprint density at radius 1 is 1.10 bits per heavy atom. The number of hydrogen-bond donors (Lipinski definition) is 1. The molecule has 3 rings (SSSR count). The number of benzene rings is 2. The van der Waals surface area contributed by atoms with Crippen molar-refractivity contribution in [3.05, 3.63) is 76.4 Å². The van der Waals surface area contributed by atoms with Gasteiger partial charge in [0.2, 0.25) is 5.91 Å². The Balaban J connectivity index is 1.61. The highest BCUT2D eigenvalue weighted by Crippen LogP contribution is 2.32. The predicted molar refractivity (Wildman–Crippen MR) is 112 cm³/mol. The van der Waals surface area contributed by atoms with Crippen LogP contribution in [-0.2, 0) is 15.0 Å². The van der Waals surface area contributed by atoms with E-state index in [1.54, 1.807) is 12.1 Å². The molecular formula is C22H21FN2O3S. The minimum absolute atomic E-state index is 0.0515. The van der Waals surface area contributed by atoms with E-state index in [2.05, 4.69) is 5.32 Å². The Bertz CT molecular complexity index is 973. The number of amides is 3. The SMILES string of the molecule is CC(C)(C(=O)NCCN1C(=O)S/C(=C/c2ccccc2F)C1=O)c1ccccc1. The number of halogens is 1. The van der Waals surface area contributed by atoms with Gasteiger partial charge in [-0.3, -0.25) is 19.3 Å². The lowest BCUT2D eigenvalue weighted by Crippen LogP contribution is -2.44. The van der Waals surface area contributed by atoms with Gasteiger partial charge >= 0.3 is 0 Å². The van der Waals surface area contributed by atoms with Gasteiger partial charge in [-0.1, -0.05) is 48.5 Å². The fourth-order valence-corrected chi connectivity index (χ4v) is 3.77. The number of carbonyl (C=O) groups is 3. The summed E-state index contributed by atoms with van der Waals surface area (Å²) >= 11 is 0.766. The predicted octanol–water partition coefficient (Wildman–Crippen LogP) is 3.96. The summed E-state index contributed by atoms with van der Waals surface area (Å²) in [6.07, 6.45) is 1.37.